The van der Waals surface area contributed by atoms with Crippen molar-refractivity contribution in [2.45, 2.75) is 65.4 Å². The Hall–Kier alpha value is -1.18. The maximum atomic E-state index is 11.4. The lowest BCUT2D eigenvalue weighted by atomic mass is 10.2. The molecule has 0 rings (SSSR count). The molecule has 7 nitrogen and oxygen atoms in total. The summed E-state index contributed by atoms with van der Waals surface area (Å²) < 4.78 is 16.2. The summed E-state index contributed by atoms with van der Waals surface area (Å²) in [4.78, 5) is 22.1. The van der Waals surface area contributed by atoms with Gasteiger partial charge in [0.15, 0.2) is 0 Å². The Morgan fingerprint density at radius 1 is 0.769 bits per heavy atom. The molecule has 0 aromatic carbocycles. The molecule has 7 heteroatoms. The van der Waals surface area contributed by atoms with Gasteiger partial charge in [-0.2, -0.15) is 0 Å². The molecule has 0 fully saturated rings. The van der Waals surface area contributed by atoms with Crippen LogP contribution < -0.4 is 10.6 Å². The van der Waals surface area contributed by atoms with Gasteiger partial charge in [-0.15, -0.1) is 0 Å². The van der Waals surface area contributed by atoms with Crippen molar-refractivity contribution >= 4 is 11.8 Å². The summed E-state index contributed by atoms with van der Waals surface area (Å²) in [7, 11) is 0. The topological polar surface area (TPSA) is 85.9 Å². The van der Waals surface area contributed by atoms with E-state index in [0.29, 0.717) is 19.8 Å². The second-order valence-corrected chi connectivity index (χ2v) is 6.54. The lowest BCUT2D eigenvalue weighted by Gasteiger charge is -2.08. The van der Waals surface area contributed by atoms with Crippen molar-refractivity contribution in [3.05, 3.63) is 0 Å². The van der Waals surface area contributed by atoms with Crippen LogP contribution >= 0.6 is 0 Å². The Kier molecular flexibility index (Phi) is 17.8. The summed E-state index contributed by atoms with van der Waals surface area (Å²) in [6, 6.07) is 0. The predicted octanol–water partition coefficient (Wildman–Crippen LogP) is 2.04. The number of unbranched alkanes of at least 4 members (excludes halogenated alkanes) is 4. The zero-order valence-electron chi connectivity index (χ0n) is 16.8. The summed E-state index contributed by atoms with van der Waals surface area (Å²) in [5.41, 5.74) is 0. The van der Waals surface area contributed by atoms with Gasteiger partial charge in [0.2, 0.25) is 11.8 Å². The van der Waals surface area contributed by atoms with Gasteiger partial charge in [-0.1, -0.05) is 0 Å². The Morgan fingerprint density at radius 2 is 1.31 bits per heavy atom. The number of amides is 2. The van der Waals surface area contributed by atoms with E-state index in [0.717, 1.165) is 58.3 Å². The minimum absolute atomic E-state index is 0.0272. The van der Waals surface area contributed by atoms with E-state index >= 15 is 0 Å². The van der Waals surface area contributed by atoms with Gasteiger partial charge in [-0.3, -0.25) is 9.59 Å². The number of carbonyl (C=O) groups is 2. The van der Waals surface area contributed by atoms with Crippen LogP contribution in [-0.2, 0) is 23.8 Å². The fourth-order valence-corrected chi connectivity index (χ4v) is 2.12. The molecule has 0 aromatic rings. The van der Waals surface area contributed by atoms with E-state index in [4.69, 9.17) is 14.2 Å². The molecule has 0 saturated carbocycles. The van der Waals surface area contributed by atoms with Crippen molar-refractivity contribution < 1.29 is 23.8 Å². The molecule has 0 aliphatic heterocycles. The maximum absolute atomic E-state index is 11.4. The van der Waals surface area contributed by atoms with Crippen LogP contribution in [0, 0.1) is 0 Å². The van der Waals surface area contributed by atoms with E-state index < -0.39 is 0 Å². The van der Waals surface area contributed by atoms with Crippen LogP contribution in [0.4, 0.5) is 0 Å². The van der Waals surface area contributed by atoms with Crippen molar-refractivity contribution in [3.63, 3.8) is 0 Å². The van der Waals surface area contributed by atoms with Gasteiger partial charge >= 0.3 is 0 Å². The average Bonchev–Trinajstić information content (AvgIpc) is 2.59. The van der Waals surface area contributed by atoms with Crippen molar-refractivity contribution in [1.29, 1.82) is 0 Å². The molecule has 0 aliphatic rings. The highest BCUT2D eigenvalue weighted by Gasteiger charge is 2.02. The SMILES string of the molecule is CC(=O)NCCCCCOCCOCCCCCNC(=O)COC(C)C. The molecule has 154 valence electrons. The highest BCUT2D eigenvalue weighted by molar-refractivity contribution is 5.77. The molecular weight excluding hydrogens is 336 g/mol. The Labute approximate surface area is 158 Å². The standard InChI is InChI=1S/C19H38N2O5/c1-17(2)26-16-19(23)21-11-7-5-9-13-25-15-14-24-12-8-4-6-10-20-18(3)22/h17H,4-16H2,1-3H3,(H,20,22)(H,21,23). The molecule has 26 heavy (non-hydrogen) atoms. The minimum Gasteiger partial charge on any atom is -0.379 e. The monoisotopic (exact) mass is 374 g/mol. The van der Waals surface area contributed by atoms with Crippen LogP contribution in [0.5, 0.6) is 0 Å². The third kappa shape index (κ3) is 20.9. The molecule has 0 radical (unpaired) electrons. The molecule has 0 unspecified atom stereocenters. The number of hydrogen-bond acceptors (Lipinski definition) is 5. The summed E-state index contributed by atoms with van der Waals surface area (Å²) in [5, 5.41) is 5.62. The van der Waals surface area contributed by atoms with Gasteiger partial charge in [0.1, 0.15) is 6.61 Å². The summed E-state index contributed by atoms with van der Waals surface area (Å²) in [6.45, 7) is 9.63. The second kappa shape index (κ2) is 18.6. The molecule has 0 saturated heterocycles. The molecular formula is C19H38N2O5. The van der Waals surface area contributed by atoms with E-state index in [2.05, 4.69) is 10.6 Å². The van der Waals surface area contributed by atoms with Gasteiger partial charge in [0, 0.05) is 33.2 Å². The summed E-state index contributed by atoms with van der Waals surface area (Å²) in [5.74, 6) is -0.0263. The zero-order valence-corrected chi connectivity index (χ0v) is 16.8. The van der Waals surface area contributed by atoms with Crippen LogP contribution in [-0.4, -0.2) is 64.0 Å². The molecule has 2 N–H and O–H groups in total. The second-order valence-electron chi connectivity index (χ2n) is 6.54. The van der Waals surface area contributed by atoms with E-state index in [1.165, 1.54) is 6.92 Å². The van der Waals surface area contributed by atoms with Crippen molar-refractivity contribution in [2.75, 3.05) is 46.1 Å². The smallest absolute Gasteiger partial charge is 0.246 e. The van der Waals surface area contributed by atoms with Crippen molar-refractivity contribution in [1.82, 2.24) is 10.6 Å². The predicted molar refractivity (Wildman–Crippen MR) is 102 cm³/mol. The first kappa shape index (κ1) is 24.8. The molecule has 0 aromatic heterocycles. The molecule has 0 bridgehead atoms. The lowest BCUT2D eigenvalue weighted by Crippen LogP contribution is -2.29. The fourth-order valence-electron chi connectivity index (χ4n) is 2.12. The van der Waals surface area contributed by atoms with Crippen LogP contribution in [0.25, 0.3) is 0 Å². The van der Waals surface area contributed by atoms with Crippen LogP contribution in [0.1, 0.15) is 59.3 Å². The van der Waals surface area contributed by atoms with E-state index in [1.807, 2.05) is 13.8 Å². The molecule has 0 spiro atoms. The van der Waals surface area contributed by atoms with Crippen LogP contribution in [0.2, 0.25) is 0 Å². The van der Waals surface area contributed by atoms with E-state index in [-0.39, 0.29) is 24.5 Å². The molecule has 0 aliphatic carbocycles. The zero-order chi connectivity index (χ0) is 19.5. The number of rotatable bonds is 18. The maximum Gasteiger partial charge on any atom is 0.246 e. The largest absolute Gasteiger partial charge is 0.379 e. The van der Waals surface area contributed by atoms with Gasteiger partial charge in [0.05, 0.1) is 19.3 Å². The van der Waals surface area contributed by atoms with E-state index in [9.17, 15) is 9.59 Å². The summed E-state index contributed by atoms with van der Waals surface area (Å²) in [6.07, 6.45) is 6.10. The third-order valence-corrected chi connectivity index (χ3v) is 3.55. The number of nitrogens with one attached hydrogen (secondary N) is 2. The molecule has 0 heterocycles. The van der Waals surface area contributed by atoms with Gasteiger partial charge in [-0.25, -0.2) is 0 Å². The lowest BCUT2D eigenvalue weighted by molar-refractivity contribution is -0.127. The molecule has 0 atom stereocenters. The van der Waals surface area contributed by atoms with Crippen LogP contribution in [0.15, 0.2) is 0 Å². The first-order valence-electron chi connectivity index (χ1n) is 9.80. The average molecular weight is 375 g/mol. The van der Waals surface area contributed by atoms with Crippen molar-refractivity contribution in [2.24, 2.45) is 0 Å². The van der Waals surface area contributed by atoms with E-state index in [1.54, 1.807) is 0 Å². The minimum atomic E-state index is -0.0535. The van der Waals surface area contributed by atoms with Gasteiger partial charge in [0.25, 0.3) is 0 Å². The number of hydrogen-bond donors (Lipinski definition) is 2. The highest BCUT2D eigenvalue weighted by atomic mass is 16.5. The first-order chi connectivity index (χ1) is 12.5. The fraction of sp³-hybridized carbons (Fsp3) is 0.895. The normalized spacial score (nSPS) is 10.9. The number of ether oxygens (including phenoxy) is 3. The summed E-state index contributed by atoms with van der Waals surface area (Å²) >= 11 is 0. The third-order valence-electron chi connectivity index (χ3n) is 3.55. The number of carbonyl (C=O) groups excluding carboxylic acids is 2. The Morgan fingerprint density at radius 3 is 1.81 bits per heavy atom. The first-order valence-corrected chi connectivity index (χ1v) is 9.80. The highest BCUT2D eigenvalue weighted by Crippen LogP contribution is 1.97. The Bertz CT molecular complexity index is 351. The van der Waals surface area contributed by atoms with Crippen LogP contribution in [0.3, 0.4) is 0 Å². The van der Waals surface area contributed by atoms with Gasteiger partial charge < -0.3 is 24.8 Å². The molecule has 2 amide bonds. The van der Waals surface area contributed by atoms with Crippen molar-refractivity contribution in [3.8, 4) is 0 Å². The van der Waals surface area contributed by atoms with Gasteiger partial charge in [-0.05, 0) is 52.4 Å². The Balaban J connectivity index is 3.11. The quantitative estimate of drug-likeness (QED) is 0.359.